The molecule has 34 heavy (non-hydrogen) atoms. The Morgan fingerprint density at radius 3 is 2.18 bits per heavy atom. The third-order valence-corrected chi connectivity index (χ3v) is 4.85. The minimum absolute atomic E-state index is 0.108. The van der Waals surface area contributed by atoms with Crippen molar-refractivity contribution in [2.45, 2.75) is 6.92 Å². The van der Waals surface area contributed by atoms with Gasteiger partial charge >= 0.3 is 0 Å². The highest BCUT2D eigenvalue weighted by Crippen LogP contribution is 2.28. The number of hydrazone groups is 1. The number of rotatable bonds is 8. The molecule has 174 valence electrons. The molecule has 0 spiro atoms. The third-order valence-electron chi connectivity index (χ3n) is 4.85. The number of nitro benzene ring substituents is 1. The lowest BCUT2D eigenvalue weighted by Crippen LogP contribution is -2.19. The van der Waals surface area contributed by atoms with Gasteiger partial charge < -0.3 is 14.8 Å². The minimum Gasteiger partial charge on any atom is -0.493 e. The van der Waals surface area contributed by atoms with Gasteiger partial charge in [0.2, 0.25) is 0 Å². The van der Waals surface area contributed by atoms with Gasteiger partial charge in [-0.15, -0.1) is 0 Å². The lowest BCUT2D eigenvalue weighted by Gasteiger charge is -2.11. The molecular weight excluding hydrogens is 440 g/mol. The van der Waals surface area contributed by atoms with Crippen LogP contribution in [-0.4, -0.2) is 36.7 Å². The summed E-state index contributed by atoms with van der Waals surface area (Å²) in [7, 11) is 3.01. The molecule has 0 bridgehead atoms. The van der Waals surface area contributed by atoms with E-state index < -0.39 is 10.8 Å². The van der Waals surface area contributed by atoms with Gasteiger partial charge in [-0.3, -0.25) is 19.7 Å². The Morgan fingerprint density at radius 2 is 1.53 bits per heavy atom. The van der Waals surface area contributed by atoms with Crippen molar-refractivity contribution in [3.63, 3.8) is 0 Å². The van der Waals surface area contributed by atoms with E-state index in [4.69, 9.17) is 9.47 Å². The molecule has 0 radical (unpaired) electrons. The minimum atomic E-state index is -0.541. The molecule has 0 saturated carbocycles. The van der Waals surface area contributed by atoms with Crippen molar-refractivity contribution >= 4 is 28.9 Å². The van der Waals surface area contributed by atoms with Crippen LogP contribution < -0.4 is 20.2 Å². The van der Waals surface area contributed by atoms with Crippen LogP contribution in [0.25, 0.3) is 0 Å². The number of nitro groups is 1. The molecule has 10 heteroatoms. The Bertz CT molecular complexity index is 1250. The molecule has 0 atom stereocenters. The number of ether oxygens (including phenoxy) is 2. The summed E-state index contributed by atoms with van der Waals surface area (Å²) < 4.78 is 10.4. The first-order valence-corrected chi connectivity index (χ1v) is 10.0. The van der Waals surface area contributed by atoms with Crippen molar-refractivity contribution in [1.29, 1.82) is 0 Å². The first kappa shape index (κ1) is 23.9. The number of methoxy groups -OCH3 is 2. The maximum absolute atomic E-state index is 12.7. The monoisotopic (exact) mass is 462 g/mol. The van der Waals surface area contributed by atoms with Crippen molar-refractivity contribution in [3.8, 4) is 11.5 Å². The highest BCUT2D eigenvalue weighted by Gasteiger charge is 2.12. The normalized spacial score (nSPS) is 10.9. The third kappa shape index (κ3) is 5.74. The highest BCUT2D eigenvalue weighted by atomic mass is 16.6. The van der Waals surface area contributed by atoms with Crippen LogP contribution in [0.4, 0.5) is 11.4 Å². The Labute approximate surface area is 195 Å². The van der Waals surface area contributed by atoms with E-state index in [9.17, 15) is 19.7 Å². The SMILES string of the molecule is COc1ccc(C(=O)Nc2cccc(C(C)=NNC(=O)c3ccc([N+](=O)[O-])cc3)c2)cc1OC. The summed E-state index contributed by atoms with van der Waals surface area (Å²) >= 11 is 0. The summed E-state index contributed by atoms with van der Waals surface area (Å²) in [6.45, 7) is 1.70. The van der Waals surface area contributed by atoms with Crippen LogP contribution in [0, 0.1) is 10.1 Å². The van der Waals surface area contributed by atoms with Gasteiger partial charge in [-0.2, -0.15) is 5.10 Å². The molecule has 0 aliphatic rings. The van der Waals surface area contributed by atoms with Crippen LogP contribution in [0.1, 0.15) is 33.2 Å². The Kier molecular flexibility index (Phi) is 7.55. The number of non-ortho nitro benzene ring substituents is 1. The Hall–Kier alpha value is -4.73. The van der Waals surface area contributed by atoms with Crippen molar-refractivity contribution in [2.75, 3.05) is 19.5 Å². The van der Waals surface area contributed by atoms with Gasteiger partial charge in [0.25, 0.3) is 17.5 Å². The van der Waals surface area contributed by atoms with Crippen molar-refractivity contribution in [1.82, 2.24) is 5.43 Å². The van der Waals surface area contributed by atoms with Crippen molar-refractivity contribution < 1.29 is 24.0 Å². The summed E-state index contributed by atoms with van der Waals surface area (Å²) in [5, 5.41) is 17.6. The van der Waals surface area contributed by atoms with Crippen molar-refractivity contribution in [2.24, 2.45) is 5.10 Å². The van der Waals surface area contributed by atoms with Crippen LogP contribution in [-0.2, 0) is 0 Å². The molecule has 0 saturated heterocycles. The largest absolute Gasteiger partial charge is 0.493 e. The molecular formula is C24H22N4O6. The number of benzene rings is 3. The van der Waals surface area contributed by atoms with Crippen molar-refractivity contribution in [3.05, 3.63) is 93.5 Å². The maximum atomic E-state index is 12.7. The van der Waals surface area contributed by atoms with Gasteiger partial charge in [-0.1, -0.05) is 12.1 Å². The smallest absolute Gasteiger partial charge is 0.271 e. The molecule has 2 amide bonds. The number of nitrogens with zero attached hydrogens (tertiary/aromatic N) is 2. The molecule has 2 N–H and O–H groups in total. The number of nitrogens with one attached hydrogen (secondary N) is 2. The van der Waals surface area contributed by atoms with E-state index >= 15 is 0 Å². The quantitative estimate of drug-likeness (QED) is 0.295. The lowest BCUT2D eigenvalue weighted by molar-refractivity contribution is -0.384. The molecule has 0 aliphatic heterocycles. The summed E-state index contributed by atoms with van der Waals surface area (Å²) in [5.74, 6) is 0.116. The standard InChI is InChI=1S/C24H22N4O6/c1-15(26-27-24(30)16-7-10-20(11-8-16)28(31)32)17-5-4-6-19(13-17)25-23(29)18-9-12-21(33-2)22(14-18)34-3/h4-14H,1-3H3,(H,25,29)(H,27,30). The van der Waals surface area contributed by atoms with Crippen LogP contribution in [0.15, 0.2) is 71.8 Å². The van der Waals surface area contributed by atoms with Gasteiger partial charge in [0.15, 0.2) is 11.5 Å². The first-order chi connectivity index (χ1) is 16.3. The summed E-state index contributed by atoms with van der Waals surface area (Å²) in [6, 6.07) is 17.0. The van der Waals surface area contributed by atoms with Crippen LogP contribution in [0.3, 0.4) is 0 Å². The van der Waals surface area contributed by atoms with Gasteiger partial charge in [0, 0.05) is 28.9 Å². The predicted molar refractivity (Wildman–Crippen MR) is 127 cm³/mol. The first-order valence-electron chi connectivity index (χ1n) is 10.0. The Balaban J connectivity index is 1.69. The highest BCUT2D eigenvalue weighted by molar-refractivity contribution is 6.06. The number of hydrogen-bond donors (Lipinski definition) is 2. The molecule has 3 rings (SSSR count). The van der Waals surface area contributed by atoms with E-state index in [2.05, 4.69) is 15.8 Å². The summed E-state index contributed by atoms with van der Waals surface area (Å²) in [6.07, 6.45) is 0. The maximum Gasteiger partial charge on any atom is 0.271 e. The van der Waals surface area contributed by atoms with E-state index in [0.29, 0.717) is 34.0 Å². The zero-order chi connectivity index (χ0) is 24.7. The molecule has 0 aliphatic carbocycles. The predicted octanol–water partition coefficient (Wildman–Crippen LogP) is 4.02. The molecule has 10 nitrogen and oxygen atoms in total. The second-order valence-electron chi connectivity index (χ2n) is 7.05. The van der Waals surface area contributed by atoms with Gasteiger partial charge in [0.05, 0.1) is 24.9 Å². The average Bonchev–Trinajstić information content (AvgIpc) is 2.86. The molecule has 0 fully saturated rings. The zero-order valence-corrected chi connectivity index (χ0v) is 18.7. The number of carbonyl (C=O) groups excluding carboxylic acids is 2. The van der Waals surface area contributed by atoms with Gasteiger partial charge in [0.1, 0.15) is 0 Å². The van der Waals surface area contributed by atoms with E-state index in [1.54, 1.807) is 49.4 Å². The lowest BCUT2D eigenvalue weighted by atomic mass is 10.1. The zero-order valence-electron chi connectivity index (χ0n) is 18.7. The van der Waals surface area contributed by atoms with Gasteiger partial charge in [-0.25, -0.2) is 5.43 Å². The molecule has 3 aromatic rings. The molecule has 0 heterocycles. The summed E-state index contributed by atoms with van der Waals surface area (Å²) in [4.78, 5) is 35.1. The fourth-order valence-corrected chi connectivity index (χ4v) is 3.00. The van der Waals surface area contributed by atoms with E-state index in [-0.39, 0.29) is 17.2 Å². The molecule has 0 unspecified atom stereocenters. The fraction of sp³-hybridized carbons (Fsp3) is 0.125. The van der Waals surface area contributed by atoms with Gasteiger partial charge in [-0.05, 0) is 55.0 Å². The summed E-state index contributed by atoms with van der Waals surface area (Å²) in [5.41, 5.74) is 4.65. The van der Waals surface area contributed by atoms with Crippen LogP contribution in [0.2, 0.25) is 0 Å². The van der Waals surface area contributed by atoms with E-state index in [1.807, 2.05) is 0 Å². The topological polar surface area (TPSA) is 132 Å². The number of hydrogen-bond acceptors (Lipinski definition) is 7. The molecule has 3 aromatic carbocycles. The second-order valence-corrected chi connectivity index (χ2v) is 7.05. The van der Waals surface area contributed by atoms with E-state index in [0.717, 1.165) is 0 Å². The number of amides is 2. The fourth-order valence-electron chi connectivity index (χ4n) is 3.00. The number of carbonyl (C=O) groups is 2. The second kappa shape index (κ2) is 10.7. The Morgan fingerprint density at radius 1 is 0.853 bits per heavy atom. The van der Waals surface area contributed by atoms with Crippen LogP contribution in [0.5, 0.6) is 11.5 Å². The van der Waals surface area contributed by atoms with Crippen LogP contribution >= 0.6 is 0 Å². The molecule has 0 aromatic heterocycles. The number of anilines is 1. The average molecular weight is 462 g/mol. The van der Waals surface area contributed by atoms with E-state index in [1.165, 1.54) is 38.5 Å².